The van der Waals surface area contributed by atoms with E-state index in [1.165, 1.54) is 10.4 Å². The highest BCUT2D eigenvalue weighted by molar-refractivity contribution is 7.91. The molecule has 1 amide bonds. The number of anilines is 1. The molecule has 1 fully saturated rings. The number of nitrogens with one attached hydrogen (secondary N) is 1. The van der Waals surface area contributed by atoms with Crippen molar-refractivity contribution in [2.75, 3.05) is 18.4 Å². The molecule has 1 N–H and O–H groups in total. The van der Waals surface area contributed by atoms with Crippen molar-refractivity contribution in [1.29, 1.82) is 0 Å². The maximum absolute atomic E-state index is 13.6. The van der Waals surface area contributed by atoms with Gasteiger partial charge in [0.1, 0.15) is 15.8 Å². The molecule has 25 heavy (non-hydrogen) atoms. The average Bonchev–Trinajstić information content (AvgIpc) is 3.13. The van der Waals surface area contributed by atoms with Gasteiger partial charge in [-0.2, -0.15) is 4.31 Å². The fourth-order valence-corrected chi connectivity index (χ4v) is 5.34. The fourth-order valence-electron chi connectivity index (χ4n) is 2.72. The van der Waals surface area contributed by atoms with Crippen LogP contribution in [-0.2, 0) is 14.8 Å². The quantitative estimate of drug-likeness (QED) is 0.878. The second-order valence-corrected chi connectivity index (χ2v) is 8.84. The Labute approximate surface area is 148 Å². The summed E-state index contributed by atoms with van der Waals surface area (Å²) in [6.07, 6.45) is 0.693. The predicted molar refractivity (Wildman–Crippen MR) is 90.8 cm³/mol. The molecule has 1 saturated heterocycles. The highest BCUT2D eigenvalue weighted by atomic mass is 32.2. The second kappa shape index (κ2) is 7.19. The van der Waals surface area contributed by atoms with E-state index < -0.39 is 33.5 Å². The maximum Gasteiger partial charge on any atom is 0.252 e. The van der Waals surface area contributed by atoms with E-state index in [1.54, 1.807) is 17.5 Å². The first-order valence-corrected chi connectivity index (χ1v) is 9.99. The Kier molecular flexibility index (Phi) is 5.16. The summed E-state index contributed by atoms with van der Waals surface area (Å²) in [5, 5.41) is 4.14. The SMILES string of the molecule is O=C(Nc1ccc(F)cc1F)C1CCN(S(=O)(=O)c2cccs2)CC1. The van der Waals surface area contributed by atoms with Gasteiger partial charge in [-0.3, -0.25) is 4.79 Å². The van der Waals surface area contributed by atoms with Crippen molar-refractivity contribution in [3.05, 3.63) is 47.3 Å². The lowest BCUT2D eigenvalue weighted by molar-refractivity contribution is -0.120. The van der Waals surface area contributed by atoms with Crippen molar-refractivity contribution >= 4 is 33.0 Å². The van der Waals surface area contributed by atoms with Crippen LogP contribution < -0.4 is 5.32 Å². The first-order valence-electron chi connectivity index (χ1n) is 7.67. The Morgan fingerprint density at radius 3 is 2.52 bits per heavy atom. The molecule has 0 bridgehead atoms. The normalized spacial score (nSPS) is 16.7. The van der Waals surface area contributed by atoms with Gasteiger partial charge in [-0.05, 0) is 36.4 Å². The molecule has 1 aromatic carbocycles. The van der Waals surface area contributed by atoms with Gasteiger partial charge in [-0.15, -0.1) is 11.3 Å². The minimum Gasteiger partial charge on any atom is -0.323 e. The van der Waals surface area contributed by atoms with Gasteiger partial charge >= 0.3 is 0 Å². The van der Waals surface area contributed by atoms with Crippen molar-refractivity contribution in [3.8, 4) is 0 Å². The van der Waals surface area contributed by atoms with E-state index in [1.807, 2.05) is 0 Å². The first-order chi connectivity index (χ1) is 11.9. The minimum absolute atomic E-state index is 0.0833. The standard InChI is InChI=1S/C16H16F2N2O3S2/c17-12-3-4-14(13(18)10-12)19-16(21)11-5-7-20(8-6-11)25(22,23)15-2-1-9-24-15/h1-4,9-11H,5-8H2,(H,19,21). The van der Waals surface area contributed by atoms with Crippen LogP contribution in [0.25, 0.3) is 0 Å². The molecule has 0 saturated carbocycles. The third kappa shape index (κ3) is 3.88. The van der Waals surface area contributed by atoms with Crippen molar-refractivity contribution in [2.24, 2.45) is 5.92 Å². The zero-order valence-electron chi connectivity index (χ0n) is 13.1. The van der Waals surface area contributed by atoms with Gasteiger partial charge in [0.15, 0.2) is 0 Å². The number of carbonyl (C=O) groups is 1. The van der Waals surface area contributed by atoms with E-state index in [2.05, 4.69) is 5.32 Å². The molecule has 1 aliphatic rings. The summed E-state index contributed by atoms with van der Waals surface area (Å²) in [6, 6.07) is 6.16. The largest absolute Gasteiger partial charge is 0.323 e. The summed E-state index contributed by atoms with van der Waals surface area (Å²) in [5.41, 5.74) is -0.0833. The van der Waals surface area contributed by atoms with Crippen molar-refractivity contribution in [3.63, 3.8) is 0 Å². The molecule has 0 spiro atoms. The molecule has 2 aromatic rings. The van der Waals surface area contributed by atoms with Crippen LogP contribution in [0.2, 0.25) is 0 Å². The number of sulfonamides is 1. The van der Waals surface area contributed by atoms with Crippen LogP contribution in [0.1, 0.15) is 12.8 Å². The molecule has 1 aliphatic heterocycles. The highest BCUT2D eigenvalue weighted by Gasteiger charge is 2.32. The number of piperidine rings is 1. The molecule has 1 aromatic heterocycles. The van der Waals surface area contributed by atoms with Gasteiger partial charge in [0.05, 0.1) is 5.69 Å². The fraction of sp³-hybridized carbons (Fsp3) is 0.312. The lowest BCUT2D eigenvalue weighted by Crippen LogP contribution is -2.41. The Bertz CT molecular complexity index is 862. The zero-order chi connectivity index (χ0) is 18.0. The number of carbonyl (C=O) groups excluding carboxylic acids is 1. The van der Waals surface area contributed by atoms with E-state index in [4.69, 9.17) is 0 Å². The summed E-state index contributed by atoms with van der Waals surface area (Å²) >= 11 is 1.15. The number of thiophene rings is 1. The Morgan fingerprint density at radius 1 is 1.20 bits per heavy atom. The molecule has 0 radical (unpaired) electrons. The lowest BCUT2D eigenvalue weighted by atomic mass is 9.97. The van der Waals surface area contributed by atoms with Crippen LogP contribution in [0, 0.1) is 17.6 Å². The number of benzene rings is 1. The molecule has 0 unspecified atom stereocenters. The molecular formula is C16H16F2N2O3S2. The molecular weight excluding hydrogens is 370 g/mol. The number of rotatable bonds is 4. The number of hydrogen-bond donors (Lipinski definition) is 1. The summed E-state index contributed by atoms with van der Waals surface area (Å²) in [4.78, 5) is 12.3. The van der Waals surface area contributed by atoms with Gasteiger partial charge in [-0.25, -0.2) is 17.2 Å². The van der Waals surface area contributed by atoms with E-state index in [9.17, 15) is 22.0 Å². The van der Waals surface area contributed by atoms with Gasteiger partial charge in [0.2, 0.25) is 5.91 Å². The van der Waals surface area contributed by atoms with Crippen LogP contribution in [-0.4, -0.2) is 31.7 Å². The Morgan fingerprint density at radius 2 is 1.92 bits per heavy atom. The van der Waals surface area contributed by atoms with Gasteiger partial charge in [0, 0.05) is 25.1 Å². The van der Waals surface area contributed by atoms with E-state index >= 15 is 0 Å². The Hall–Kier alpha value is -1.84. The predicted octanol–water partition coefficient (Wildman–Crippen LogP) is 3.07. The number of halogens is 2. The van der Waals surface area contributed by atoms with Gasteiger partial charge in [-0.1, -0.05) is 6.07 Å². The Balaban J connectivity index is 1.61. The van der Waals surface area contributed by atoms with E-state index in [-0.39, 0.29) is 23.0 Å². The van der Waals surface area contributed by atoms with Crippen LogP contribution in [0.5, 0.6) is 0 Å². The van der Waals surface area contributed by atoms with E-state index in [0.29, 0.717) is 18.9 Å². The molecule has 0 atom stereocenters. The molecule has 5 nitrogen and oxygen atoms in total. The number of amides is 1. The summed E-state index contributed by atoms with van der Waals surface area (Å²) in [7, 11) is -3.52. The van der Waals surface area contributed by atoms with Gasteiger partial charge < -0.3 is 5.32 Å². The summed E-state index contributed by atoms with van der Waals surface area (Å²) in [5.74, 6) is -2.37. The third-order valence-electron chi connectivity index (χ3n) is 4.10. The maximum atomic E-state index is 13.6. The zero-order valence-corrected chi connectivity index (χ0v) is 14.7. The topological polar surface area (TPSA) is 66.5 Å². The average molecular weight is 386 g/mol. The molecule has 0 aliphatic carbocycles. The lowest BCUT2D eigenvalue weighted by Gasteiger charge is -2.30. The van der Waals surface area contributed by atoms with Crippen molar-refractivity contribution in [2.45, 2.75) is 17.1 Å². The van der Waals surface area contributed by atoms with Crippen LogP contribution >= 0.6 is 11.3 Å². The van der Waals surface area contributed by atoms with E-state index in [0.717, 1.165) is 17.4 Å². The summed E-state index contributed by atoms with van der Waals surface area (Å²) in [6.45, 7) is 0.453. The van der Waals surface area contributed by atoms with Crippen LogP contribution in [0.4, 0.5) is 14.5 Å². The van der Waals surface area contributed by atoms with Gasteiger partial charge in [0.25, 0.3) is 10.0 Å². The van der Waals surface area contributed by atoms with Crippen molar-refractivity contribution in [1.82, 2.24) is 4.31 Å². The third-order valence-corrected chi connectivity index (χ3v) is 7.37. The molecule has 9 heteroatoms. The minimum atomic E-state index is -3.52. The second-order valence-electron chi connectivity index (χ2n) is 5.72. The number of nitrogens with zero attached hydrogens (tertiary/aromatic N) is 1. The smallest absolute Gasteiger partial charge is 0.252 e. The highest BCUT2D eigenvalue weighted by Crippen LogP contribution is 2.27. The molecule has 2 heterocycles. The summed E-state index contributed by atoms with van der Waals surface area (Å²) < 4.78 is 53.0. The molecule has 3 rings (SSSR count). The first kappa shape index (κ1) is 18.0. The van der Waals surface area contributed by atoms with Crippen LogP contribution in [0.3, 0.4) is 0 Å². The molecule has 134 valence electrons. The monoisotopic (exact) mass is 386 g/mol. The number of hydrogen-bond acceptors (Lipinski definition) is 4. The van der Waals surface area contributed by atoms with Crippen molar-refractivity contribution < 1.29 is 22.0 Å². The van der Waals surface area contributed by atoms with Crippen LogP contribution in [0.15, 0.2) is 39.9 Å².